The fraction of sp³-hybridized carbons (Fsp3) is 0.250. The summed E-state index contributed by atoms with van der Waals surface area (Å²) >= 11 is 0. The molecule has 2 N–H and O–H groups in total. The van der Waals surface area contributed by atoms with Crippen LogP contribution in [0.3, 0.4) is 0 Å². The molecule has 0 spiro atoms. The van der Waals surface area contributed by atoms with Gasteiger partial charge < -0.3 is 5.21 Å². The summed E-state index contributed by atoms with van der Waals surface area (Å²) in [4.78, 5) is 0. The van der Waals surface area contributed by atoms with Gasteiger partial charge in [0, 0.05) is 0 Å². The zero-order chi connectivity index (χ0) is 9.90. The second-order valence-corrected chi connectivity index (χ2v) is 2.51. The van der Waals surface area contributed by atoms with E-state index in [1.807, 2.05) is 0 Å². The Balaban J connectivity index is 2.92. The third-order valence-electron chi connectivity index (χ3n) is 1.59. The van der Waals surface area contributed by atoms with Gasteiger partial charge in [-0.3, -0.25) is 0 Å². The monoisotopic (exact) mass is 191 g/mol. The van der Waals surface area contributed by atoms with Crippen LogP contribution in [0.2, 0.25) is 0 Å². The topological polar surface area (TPSA) is 32.3 Å². The molecule has 0 aromatic heterocycles. The van der Waals surface area contributed by atoms with E-state index in [1.54, 1.807) is 6.07 Å². The lowest BCUT2D eigenvalue weighted by atomic mass is 10.1. The van der Waals surface area contributed by atoms with Crippen molar-refractivity contribution in [2.75, 3.05) is 0 Å². The van der Waals surface area contributed by atoms with E-state index in [9.17, 15) is 13.2 Å². The first kappa shape index (κ1) is 10.0. The van der Waals surface area contributed by atoms with Crippen molar-refractivity contribution in [3.63, 3.8) is 0 Å². The highest BCUT2D eigenvalue weighted by Gasteiger charge is 2.40. The van der Waals surface area contributed by atoms with E-state index in [-0.39, 0.29) is 5.56 Å². The molecule has 0 aliphatic rings. The Hall–Kier alpha value is -1.07. The molecule has 13 heavy (non-hydrogen) atoms. The second-order valence-electron chi connectivity index (χ2n) is 2.51. The average molecular weight is 191 g/mol. The summed E-state index contributed by atoms with van der Waals surface area (Å²) in [6.45, 7) is 0. The van der Waals surface area contributed by atoms with Crippen LogP contribution in [0.15, 0.2) is 30.3 Å². The highest BCUT2D eigenvalue weighted by atomic mass is 19.4. The summed E-state index contributed by atoms with van der Waals surface area (Å²) < 4.78 is 36.6. The molecule has 0 bridgehead atoms. The summed E-state index contributed by atoms with van der Waals surface area (Å²) in [5.41, 5.74) is 1.22. The first-order valence-electron chi connectivity index (χ1n) is 3.57. The minimum Gasteiger partial charge on any atom is -0.316 e. The first-order valence-corrected chi connectivity index (χ1v) is 3.57. The zero-order valence-electron chi connectivity index (χ0n) is 6.55. The molecule has 1 rings (SSSR count). The van der Waals surface area contributed by atoms with Crippen molar-refractivity contribution >= 4 is 0 Å². The van der Waals surface area contributed by atoms with Crippen LogP contribution in [0.25, 0.3) is 0 Å². The number of hydrogen-bond donors (Lipinski definition) is 2. The molecule has 1 aromatic rings. The van der Waals surface area contributed by atoms with Crippen LogP contribution >= 0.6 is 0 Å². The number of benzene rings is 1. The minimum absolute atomic E-state index is 0.0162. The van der Waals surface area contributed by atoms with Gasteiger partial charge in [0.1, 0.15) is 0 Å². The van der Waals surface area contributed by atoms with Crippen LogP contribution in [0, 0.1) is 0 Å². The molecule has 0 aliphatic carbocycles. The Morgan fingerprint density at radius 3 is 2.08 bits per heavy atom. The van der Waals surface area contributed by atoms with Crippen LogP contribution in [-0.2, 0) is 0 Å². The van der Waals surface area contributed by atoms with Crippen molar-refractivity contribution < 1.29 is 18.4 Å². The van der Waals surface area contributed by atoms with Gasteiger partial charge in [-0.25, -0.2) is 0 Å². The van der Waals surface area contributed by atoms with Crippen molar-refractivity contribution in [3.05, 3.63) is 35.9 Å². The summed E-state index contributed by atoms with van der Waals surface area (Å²) in [7, 11) is 0. The van der Waals surface area contributed by atoms with E-state index in [2.05, 4.69) is 0 Å². The van der Waals surface area contributed by atoms with Gasteiger partial charge in [-0.1, -0.05) is 30.3 Å². The number of nitrogens with one attached hydrogen (secondary N) is 1. The molecular weight excluding hydrogens is 183 g/mol. The highest BCUT2D eigenvalue weighted by Crippen LogP contribution is 2.31. The van der Waals surface area contributed by atoms with Crippen LogP contribution in [0.1, 0.15) is 11.6 Å². The van der Waals surface area contributed by atoms with E-state index in [4.69, 9.17) is 5.21 Å². The Bertz CT molecular complexity index is 260. The standard InChI is InChI=1S/C8H8F3NO/c9-8(10,11)7(12-13)6-4-2-1-3-5-6/h1-5,7,12-13H/t7-/m1/s1. The van der Waals surface area contributed by atoms with Crippen LogP contribution in [0.4, 0.5) is 13.2 Å². The summed E-state index contributed by atoms with van der Waals surface area (Å²) in [5, 5.41) is 8.35. The Morgan fingerprint density at radius 1 is 1.15 bits per heavy atom. The maximum Gasteiger partial charge on any atom is 0.410 e. The molecule has 0 fully saturated rings. The minimum atomic E-state index is -4.49. The van der Waals surface area contributed by atoms with Gasteiger partial charge in [-0.2, -0.15) is 18.7 Å². The fourth-order valence-corrected chi connectivity index (χ4v) is 0.982. The summed E-state index contributed by atoms with van der Waals surface area (Å²) in [6.07, 6.45) is -4.49. The molecule has 2 nitrogen and oxygen atoms in total. The number of rotatable bonds is 2. The lowest BCUT2D eigenvalue weighted by Crippen LogP contribution is -2.31. The molecule has 0 unspecified atom stereocenters. The normalized spacial score (nSPS) is 14.2. The fourth-order valence-electron chi connectivity index (χ4n) is 0.982. The van der Waals surface area contributed by atoms with Gasteiger partial charge in [-0.15, -0.1) is 0 Å². The summed E-state index contributed by atoms with van der Waals surface area (Å²) in [5.74, 6) is 0. The first-order chi connectivity index (χ1) is 6.05. The highest BCUT2D eigenvalue weighted by molar-refractivity contribution is 5.19. The van der Waals surface area contributed by atoms with Crippen LogP contribution in [0.5, 0.6) is 0 Å². The van der Waals surface area contributed by atoms with Gasteiger partial charge in [-0.05, 0) is 5.56 Å². The van der Waals surface area contributed by atoms with Crippen molar-refractivity contribution in [2.24, 2.45) is 0 Å². The number of alkyl halides is 3. The molecule has 0 saturated carbocycles. The Kier molecular flexibility index (Phi) is 2.90. The SMILES string of the molecule is ON[C@H](c1ccccc1)C(F)(F)F. The smallest absolute Gasteiger partial charge is 0.316 e. The number of halogens is 3. The Morgan fingerprint density at radius 2 is 1.69 bits per heavy atom. The van der Waals surface area contributed by atoms with Gasteiger partial charge in [0.2, 0.25) is 0 Å². The van der Waals surface area contributed by atoms with Crippen molar-refractivity contribution in [2.45, 2.75) is 12.2 Å². The molecule has 0 saturated heterocycles. The molecule has 5 heteroatoms. The van der Waals surface area contributed by atoms with E-state index in [0.29, 0.717) is 0 Å². The molecule has 0 amide bonds. The lowest BCUT2D eigenvalue weighted by Gasteiger charge is -2.18. The van der Waals surface area contributed by atoms with E-state index < -0.39 is 12.2 Å². The molecule has 72 valence electrons. The molecule has 0 aliphatic heterocycles. The van der Waals surface area contributed by atoms with E-state index in [1.165, 1.54) is 29.7 Å². The predicted molar refractivity (Wildman–Crippen MR) is 40.2 cm³/mol. The largest absolute Gasteiger partial charge is 0.410 e. The molecule has 1 atom stereocenters. The third kappa shape index (κ3) is 2.43. The number of hydroxylamine groups is 1. The molecule has 1 aromatic carbocycles. The molecule has 0 radical (unpaired) electrons. The van der Waals surface area contributed by atoms with Gasteiger partial charge in [0.25, 0.3) is 0 Å². The Labute approximate surface area is 73.0 Å². The van der Waals surface area contributed by atoms with Gasteiger partial charge >= 0.3 is 6.18 Å². The lowest BCUT2D eigenvalue weighted by molar-refractivity contribution is -0.178. The van der Waals surface area contributed by atoms with Crippen molar-refractivity contribution in [3.8, 4) is 0 Å². The number of hydrogen-bond acceptors (Lipinski definition) is 2. The second kappa shape index (κ2) is 3.76. The zero-order valence-corrected chi connectivity index (χ0v) is 6.55. The van der Waals surface area contributed by atoms with E-state index in [0.717, 1.165) is 0 Å². The third-order valence-corrected chi connectivity index (χ3v) is 1.59. The van der Waals surface area contributed by atoms with Gasteiger partial charge in [0.05, 0.1) is 0 Å². The van der Waals surface area contributed by atoms with Gasteiger partial charge in [0.15, 0.2) is 6.04 Å². The van der Waals surface area contributed by atoms with Crippen LogP contribution < -0.4 is 5.48 Å². The van der Waals surface area contributed by atoms with E-state index >= 15 is 0 Å². The molecular formula is C8H8F3NO. The average Bonchev–Trinajstić information content (AvgIpc) is 2.05. The maximum absolute atomic E-state index is 12.2. The van der Waals surface area contributed by atoms with Crippen molar-refractivity contribution in [1.29, 1.82) is 0 Å². The quantitative estimate of drug-likeness (QED) is 0.703. The summed E-state index contributed by atoms with van der Waals surface area (Å²) in [6, 6.07) is 5.13. The molecule has 0 heterocycles. The van der Waals surface area contributed by atoms with Crippen molar-refractivity contribution in [1.82, 2.24) is 5.48 Å². The maximum atomic E-state index is 12.2. The predicted octanol–water partition coefficient (Wildman–Crippen LogP) is 2.27. The van der Waals surface area contributed by atoms with Crippen LogP contribution in [-0.4, -0.2) is 11.4 Å².